The Bertz CT molecular complexity index is 1160. The summed E-state index contributed by atoms with van der Waals surface area (Å²) in [7, 11) is 0. The summed E-state index contributed by atoms with van der Waals surface area (Å²) < 4.78 is 50.9. The first-order valence-electron chi connectivity index (χ1n) is 14.4. The van der Waals surface area contributed by atoms with E-state index in [1.54, 1.807) is 36.9 Å². The van der Waals surface area contributed by atoms with E-state index in [0.717, 1.165) is 42.7 Å². The molecule has 0 bridgehead atoms. The van der Waals surface area contributed by atoms with Crippen LogP contribution in [0.1, 0.15) is 74.8 Å². The summed E-state index contributed by atoms with van der Waals surface area (Å²) in [5.41, 5.74) is 3.03. The Morgan fingerprint density at radius 2 is 1.76 bits per heavy atom. The van der Waals surface area contributed by atoms with Gasteiger partial charge in [0, 0.05) is 50.3 Å². The summed E-state index contributed by atoms with van der Waals surface area (Å²) >= 11 is 0. The molecule has 2 aromatic carbocycles. The number of aryl methyl sites for hydroxylation is 1. The molecule has 1 amide bonds. The Balaban J connectivity index is 0.000000317. The molecule has 42 heavy (non-hydrogen) atoms. The van der Waals surface area contributed by atoms with Gasteiger partial charge in [0.2, 0.25) is 0 Å². The third-order valence-electron chi connectivity index (χ3n) is 7.07. The van der Waals surface area contributed by atoms with Crippen molar-refractivity contribution in [2.75, 3.05) is 32.8 Å². The van der Waals surface area contributed by atoms with Crippen molar-refractivity contribution in [2.24, 2.45) is 0 Å². The lowest BCUT2D eigenvalue weighted by Crippen LogP contribution is -2.49. The Kier molecular flexibility index (Phi) is 13.4. The molecule has 1 aliphatic carbocycles. The second kappa shape index (κ2) is 16.2. The van der Waals surface area contributed by atoms with E-state index in [1.165, 1.54) is 11.6 Å². The highest BCUT2D eigenvalue weighted by molar-refractivity contribution is 5.67. The number of fused-ring (bicyclic) bond motifs is 2. The minimum Gasteiger partial charge on any atom is -0.508 e. The summed E-state index contributed by atoms with van der Waals surface area (Å²) in [6.45, 7) is 12.5. The van der Waals surface area contributed by atoms with E-state index < -0.39 is 11.7 Å². The van der Waals surface area contributed by atoms with Gasteiger partial charge in [-0.05, 0) is 61.9 Å². The number of carbonyl (C=O) groups excluding carboxylic acids is 1. The molecule has 5 rings (SSSR count). The van der Waals surface area contributed by atoms with Crippen molar-refractivity contribution in [3.63, 3.8) is 0 Å². The first-order chi connectivity index (χ1) is 19.9. The van der Waals surface area contributed by atoms with Crippen LogP contribution in [0.2, 0.25) is 0 Å². The molecule has 11 heteroatoms. The molecule has 0 radical (unpaired) electrons. The lowest BCUT2D eigenvalue weighted by Gasteiger charge is -2.35. The maximum absolute atomic E-state index is 13.5. The third kappa shape index (κ3) is 9.54. The SMILES string of the molecule is CC.CC(C)OC(=O)N1CCN(Cc2c(C(F)(F)F)ccc3c2CCC3)CC1.CC1COc2cc(O)ccc21.O=CO. The van der Waals surface area contributed by atoms with Crippen LogP contribution in [0.25, 0.3) is 0 Å². The van der Waals surface area contributed by atoms with Crippen LogP contribution < -0.4 is 4.74 Å². The third-order valence-corrected chi connectivity index (χ3v) is 7.07. The minimum absolute atomic E-state index is 0.179. The number of alkyl halides is 3. The Hall–Kier alpha value is -3.47. The van der Waals surface area contributed by atoms with Gasteiger partial charge in [-0.25, -0.2) is 4.79 Å². The van der Waals surface area contributed by atoms with E-state index in [2.05, 4.69) is 6.92 Å². The van der Waals surface area contributed by atoms with Gasteiger partial charge in [-0.1, -0.05) is 32.9 Å². The van der Waals surface area contributed by atoms with Crippen molar-refractivity contribution in [3.8, 4) is 11.5 Å². The van der Waals surface area contributed by atoms with Gasteiger partial charge >= 0.3 is 12.3 Å². The predicted octanol–water partition coefficient (Wildman–Crippen LogP) is 6.47. The number of ether oxygens (including phenoxy) is 2. The summed E-state index contributed by atoms with van der Waals surface area (Å²) in [6.07, 6.45) is -2.38. The quantitative estimate of drug-likeness (QED) is 0.392. The molecule has 8 nitrogen and oxygen atoms in total. The fraction of sp³-hybridized carbons (Fsp3) is 0.548. The number of amides is 1. The highest BCUT2D eigenvalue weighted by Gasteiger charge is 2.36. The molecule has 0 spiro atoms. The van der Waals surface area contributed by atoms with Crippen molar-refractivity contribution in [1.82, 2.24) is 9.80 Å². The highest BCUT2D eigenvalue weighted by Crippen LogP contribution is 2.38. The number of aromatic hydroxyl groups is 1. The van der Waals surface area contributed by atoms with Gasteiger partial charge in [-0.2, -0.15) is 13.2 Å². The van der Waals surface area contributed by atoms with E-state index in [-0.39, 0.29) is 31.0 Å². The van der Waals surface area contributed by atoms with E-state index in [9.17, 15) is 18.0 Å². The Morgan fingerprint density at radius 3 is 2.36 bits per heavy atom. The maximum Gasteiger partial charge on any atom is 0.416 e. The number of piperazine rings is 1. The van der Waals surface area contributed by atoms with Gasteiger partial charge in [-0.3, -0.25) is 9.69 Å². The maximum atomic E-state index is 13.5. The number of phenolic OH excluding ortho intramolecular Hbond substituents is 1. The van der Waals surface area contributed by atoms with Crippen molar-refractivity contribution in [1.29, 1.82) is 0 Å². The summed E-state index contributed by atoms with van der Waals surface area (Å²) in [4.78, 5) is 23.9. The van der Waals surface area contributed by atoms with Gasteiger partial charge in [0.1, 0.15) is 11.5 Å². The van der Waals surface area contributed by atoms with E-state index in [0.29, 0.717) is 37.7 Å². The molecular formula is C31H43F3N2O6. The van der Waals surface area contributed by atoms with E-state index >= 15 is 0 Å². The lowest BCUT2D eigenvalue weighted by atomic mass is 9.96. The topological polar surface area (TPSA) is 99.5 Å². The molecular weight excluding hydrogens is 553 g/mol. The largest absolute Gasteiger partial charge is 0.508 e. The molecule has 2 aromatic rings. The van der Waals surface area contributed by atoms with Gasteiger partial charge in [0.15, 0.2) is 0 Å². The van der Waals surface area contributed by atoms with Crippen LogP contribution in [0.4, 0.5) is 18.0 Å². The van der Waals surface area contributed by atoms with Crippen LogP contribution in [-0.4, -0.2) is 71.5 Å². The Morgan fingerprint density at radius 1 is 1.12 bits per heavy atom. The van der Waals surface area contributed by atoms with Crippen LogP contribution in [0.3, 0.4) is 0 Å². The molecule has 0 aromatic heterocycles. The number of hydrogen-bond donors (Lipinski definition) is 2. The van der Waals surface area contributed by atoms with Crippen LogP contribution in [0.15, 0.2) is 30.3 Å². The van der Waals surface area contributed by atoms with E-state index in [4.69, 9.17) is 24.5 Å². The van der Waals surface area contributed by atoms with Crippen molar-refractivity contribution in [2.45, 2.75) is 78.6 Å². The van der Waals surface area contributed by atoms with Gasteiger partial charge < -0.3 is 24.6 Å². The van der Waals surface area contributed by atoms with Crippen molar-refractivity contribution >= 4 is 12.6 Å². The van der Waals surface area contributed by atoms with Gasteiger partial charge in [0.25, 0.3) is 6.47 Å². The van der Waals surface area contributed by atoms with E-state index in [1.807, 2.05) is 24.8 Å². The van der Waals surface area contributed by atoms with Crippen LogP contribution >= 0.6 is 0 Å². The summed E-state index contributed by atoms with van der Waals surface area (Å²) in [6, 6.07) is 8.15. The molecule has 0 saturated carbocycles. The average molecular weight is 597 g/mol. The molecule has 1 fully saturated rings. The second-order valence-corrected chi connectivity index (χ2v) is 10.3. The van der Waals surface area contributed by atoms with Crippen molar-refractivity contribution in [3.05, 3.63) is 58.1 Å². The summed E-state index contributed by atoms with van der Waals surface area (Å²) in [5.74, 6) is 1.57. The smallest absolute Gasteiger partial charge is 0.416 e. The fourth-order valence-electron chi connectivity index (χ4n) is 5.14. The molecule has 3 aliphatic rings. The molecule has 234 valence electrons. The van der Waals surface area contributed by atoms with Crippen LogP contribution in [-0.2, 0) is 35.1 Å². The molecule has 1 atom stereocenters. The number of nitrogens with zero attached hydrogens (tertiary/aromatic N) is 2. The number of carboxylic acid groups (broad SMARTS) is 1. The highest BCUT2D eigenvalue weighted by atomic mass is 19.4. The number of hydrogen-bond acceptors (Lipinski definition) is 6. The molecule has 1 unspecified atom stereocenters. The zero-order chi connectivity index (χ0) is 31.4. The fourth-order valence-corrected chi connectivity index (χ4v) is 5.14. The molecule has 2 N–H and O–H groups in total. The summed E-state index contributed by atoms with van der Waals surface area (Å²) in [5, 5.41) is 16.0. The minimum atomic E-state index is -4.34. The van der Waals surface area contributed by atoms with Gasteiger partial charge in [0.05, 0.1) is 18.3 Å². The number of phenols is 1. The van der Waals surface area contributed by atoms with Crippen LogP contribution in [0.5, 0.6) is 11.5 Å². The first kappa shape index (κ1) is 34.7. The standard InChI is InChI=1S/C19H25F3N2O2.C9H10O2.C2H6.CH2O2/c1-13(2)26-18(25)24-10-8-23(9-11-24)12-16-15-5-3-4-14(15)6-7-17(16)19(20,21)22;1-6-5-11-9-4-7(10)2-3-8(6)9;1-2;2-1-3/h6-7,13H,3-5,8-12H2,1-2H3;2-4,6,10H,5H2,1H3;1-2H3;1H,(H,2,3). The first-order valence-corrected chi connectivity index (χ1v) is 14.4. The average Bonchev–Trinajstić information content (AvgIpc) is 3.57. The molecule has 2 heterocycles. The molecule has 2 aliphatic heterocycles. The number of carbonyl (C=O) groups is 2. The van der Waals surface area contributed by atoms with Crippen LogP contribution in [0, 0.1) is 0 Å². The van der Waals surface area contributed by atoms with Crippen molar-refractivity contribution < 1.29 is 42.4 Å². The lowest BCUT2D eigenvalue weighted by molar-refractivity contribution is -0.138. The molecule has 1 saturated heterocycles. The number of rotatable bonds is 3. The number of halogens is 3. The zero-order valence-electron chi connectivity index (χ0n) is 25.0. The zero-order valence-corrected chi connectivity index (χ0v) is 25.0. The second-order valence-electron chi connectivity index (χ2n) is 10.3. The Labute approximate surface area is 246 Å². The monoisotopic (exact) mass is 596 g/mol. The van der Waals surface area contributed by atoms with Gasteiger partial charge in [-0.15, -0.1) is 0 Å². The predicted molar refractivity (Wildman–Crippen MR) is 154 cm³/mol. The normalized spacial score (nSPS) is 17.3. The number of benzene rings is 2.